The van der Waals surface area contributed by atoms with Gasteiger partial charge in [0.05, 0.1) is 25.5 Å². The number of fused-ring (bicyclic) bond motifs is 2. The van der Waals surface area contributed by atoms with Crippen molar-refractivity contribution in [2.45, 2.75) is 38.8 Å². The summed E-state index contributed by atoms with van der Waals surface area (Å²) in [4.78, 5) is 9.58. The molecule has 1 aliphatic carbocycles. The maximum atomic E-state index is 10.8. The molecule has 2 aromatic heterocycles. The van der Waals surface area contributed by atoms with Crippen LogP contribution in [0.25, 0.3) is 5.65 Å². The number of aromatic nitrogens is 3. The van der Waals surface area contributed by atoms with Crippen LogP contribution in [0.15, 0.2) is 12.3 Å². The first-order valence-electron chi connectivity index (χ1n) is 10.2. The van der Waals surface area contributed by atoms with Crippen molar-refractivity contribution in [1.29, 1.82) is 0 Å². The zero-order valence-electron chi connectivity index (χ0n) is 16.2. The molecule has 4 heterocycles. The van der Waals surface area contributed by atoms with Gasteiger partial charge in [0.25, 0.3) is 0 Å². The highest BCUT2D eigenvalue weighted by atomic mass is 16.5. The molecule has 0 spiro atoms. The molecule has 0 unspecified atom stereocenters. The van der Waals surface area contributed by atoms with Crippen molar-refractivity contribution >= 4 is 11.5 Å². The Bertz CT molecular complexity index is 831. The van der Waals surface area contributed by atoms with E-state index in [1.807, 2.05) is 16.8 Å². The number of hydrogen-bond donors (Lipinski definition) is 1. The second-order valence-electron chi connectivity index (χ2n) is 8.43. The van der Waals surface area contributed by atoms with E-state index in [4.69, 9.17) is 4.74 Å². The van der Waals surface area contributed by atoms with Crippen LogP contribution < -0.4 is 4.90 Å². The molecule has 1 saturated carbocycles. The van der Waals surface area contributed by atoms with Crippen molar-refractivity contribution in [3.63, 3.8) is 0 Å². The predicted molar refractivity (Wildman–Crippen MR) is 103 cm³/mol. The minimum atomic E-state index is -0.228. The number of ether oxygens (including phenoxy) is 1. The highest BCUT2D eigenvalue weighted by Gasteiger charge is 2.44. The Labute approximate surface area is 159 Å². The summed E-state index contributed by atoms with van der Waals surface area (Å²) in [6.07, 6.45) is 3.57. The largest absolute Gasteiger partial charge is 0.391 e. The molecule has 0 amide bonds. The average molecular weight is 371 g/mol. The Morgan fingerprint density at radius 1 is 1.11 bits per heavy atom. The molecular weight excluding hydrogens is 342 g/mol. The van der Waals surface area contributed by atoms with Crippen molar-refractivity contribution < 1.29 is 9.84 Å². The first kappa shape index (κ1) is 17.4. The fourth-order valence-corrected chi connectivity index (χ4v) is 5.37. The van der Waals surface area contributed by atoms with Crippen molar-refractivity contribution in [2.24, 2.45) is 11.8 Å². The van der Waals surface area contributed by atoms with Crippen molar-refractivity contribution in [1.82, 2.24) is 19.5 Å². The van der Waals surface area contributed by atoms with Gasteiger partial charge < -0.3 is 14.7 Å². The third-order valence-electron chi connectivity index (χ3n) is 6.91. The smallest absolute Gasteiger partial charge is 0.157 e. The number of aryl methyl sites for hydroxylation is 1. The molecule has 1 N–H and O–H groups in total. The molecule has 7 heteroatoms. The third-order valence-corrected chi connectivity index (χ3v) is 6.91. The molecule has 2 aromatic rings. The van der Waals surface area contributed by atoms with E-state index >= 15 is 0 Å². The third kappa shape index (κ3) is 2.92. The van der Waals surface area contributed by atoms with Crippen LogP contribution in [0.2, 0.25) is 0 Å². The molecule has 3 fully saturated rings. The van der Waals surface area contributed by atoms with E-state index in [2.05, 4.69) is 33.7 Å². The lowest BCUT2D eigenvalue weighted by Crippen LogP contribution is -2.53. The van der Waals surface area contributed by atoms with E-state index in [-0.39, 0.29) is 12.1 Å². The van der Waals surface area contributed by atoms with E-state index in [0.29, 0.717) is 11.8 Å². The standard InChI is InChI=1S/C20H29N5O2/c1-13-14(2)22-19-3-4-21-25(19)20(13)24-11-15-9-17(18(26)10-16(15)12-24)23-5-7-27-8-6-23/h3-4,15-18,26H,5-12H2,1-2H3/t15-,16+,17-,18-/m1/s1. The van der Waals surface area contributed by atoms with Gasteiger partial charge in [0.1, 0.15) is 5.82 Å². The Morgan fingerprint density at radius 2 is 1.85 bits per heavy atom. The van der Waals surface area contributed by atoms with Crippen LogP contribution in [-0.2, 0) is 4.74 Å². The van der Waals surface area contributed by atoms with Gasteiger partial charge in [-0.1, -0.05) is 0 Å². The van der Waals surface area contributed by atoms with Crippen molar-refractivity contribution in [2.75, 3.05) is 44.3 Å². The van der Waals surface area contributed by atoms with Crippen LogP contribution >= 0.6 is 0 Å². The first-order valence-corrected chi connectivity index (χ1v) is 10.2. The van der Waals surface area contributed by atoms with Crippen molar-refractivity contribution in [3.8, 4) is 0 Å². The van der Waals surface area contributed by atoms with E-state index in [9.17, 15) is 5.11 Å². The number of aliphatic hydroxyl groups excluding tert-OH is 1. The molecular formula is C20H29N5O2. The lowest BCUT2D eigenvalue weighted by Gasteiger charge is -2.43. The fraction of sp³-hybridized carbons (Fsp3) is 0.700. The molecule has 2 aliphatic heterocycles. The van der Waals surface area contributed by atoms with Gasteiger partial charge in [0.15, 0.2) is 5.65 Å². The number of nitrogens with zero attached hydrogens (tertiary/aromatic N) is 5. The SMILES string of the molecule is Cc1nc2ccnn2c(N2C[C@H]3C[C@@H](N4CCOCC4)[C@H](O)C[C@H]3C2)c1C. The molecule has 0 aromatic carbocycles. The molecule has 4 atom stereocenters. The highest BCUT2D eigenvalue weighted by Crippen LogP contribution is 2.40. The lowest BCUT2D eigenvalue weighted by molar-refractivity contribution is -0.0520. The van der Waals surface area contributed by atoms with Gasteiger partial charge in [-0.15, -0.1) is 0 Å². The van der Waals surface area contributed by atoms with Crippen LogP contribution in [0.5, 0.6) is 0 Å². The summed E-state index contributed by atoms with van der Waals surface area (Å²) in [7, 11) is 0. The average Bonchev–Trinajstić information content (AvgIpc) is 3.29. The van der Waals surface area contributed by atoms with Gasteiger partial charge in [-0.25, -0.2) is 4.98 Å². The molecule has 7 nitrogen and oxygen atoms in total. The summed E-state index contributed by atoms with van der Waals surface area (Å²) < 4.78 is 7.48. The van der Waals surface area contributed by atoms with E-state index < -0.39 is 0 Å². The Hall–Kier alpha value is -1.70. The fourth-order valence-electron chi connectivity index (χ4n) is 5.37. The molecule has 146 valence electrons. The summed E-state index contributed by atoms with van der Waals surface area (Å²) in [5, 5.41) is 15.4. The Morgan fingerprint density at radius 3 is 2.63 bits per heavy atom. The minimum Gasteiger partial charge on any atom is -0.391 e. The van der Waals surface area contributed by atoms with E-state index in [1.54, 1.807) is 0 Å². The molecule has 27 heavy (non-hydrogen) atoms. The van der Waals surface area contributed by atoms with Gasteiger partial charge in [0.2, 0.25) is 0 Å². The maximum absolute atomic E-state index is 10.8. The normalized spacial score (nSPS) is 32.2. The predicted octanol–water partition coefficient (Wildman–Crippen LogP) is 1.25. The zero-order valence-corrected chi connectivity index (χ0v) is 16.2. The summed E-state index contributed by atoms with van der Waals surface area (Å²) in [6, 6.07) is 2.25. The Kier molecular flexibility index (Phi) is 4.33. The zero-order chi connectivity index (χ0) is 18.5. The number of anilines is 1. The topological polar surface area (TPSA) is 66.1 Å². The van der Waals surface area contributed by atoms with E-state index in [1.165, 1.54) is 11.4 Å². The van der Waals surface area contributed by atoms with Gasteiger partial charge in [-0.3, -0.25) is 4.90 Å². The van der Waals surface area contributed by atoms with Crippen LogP contribution in [0.1, 0.15) is 24.1 Å². The summed E-state index contributed by atoms with van der Waals surface area (Å²) in [5.41, 5.74) is 3.18. The lowest BCUT2D eigenvalue weighted by atomic mass is 9.77. The summed E-state index contributed by atoms with van der Waals surface area (Å²) >= 11 is 0. The molecule has 0 radical (unpaired) electrons. The number of rotatable bonds is 2. The van der Waals surface area contributed by atoms with Crippen LogP contribution in [0.3, 0.4) is 0 Å². The molecule has 5 rings (SSSR count). The van der Waals surface area contributed by atoms with Gasteiger partial charge in [-0.2, -0.15) is 9.61 Å². The molecule has 0 bridgehead atoms. The van der Waals surface area contributed by atoms with Crippen LogP contribution in [0.4, 0.5) is 5.82 Å². The van der Waals surface area contributed by atoms with Gasteiger partial charge >= 0.3 is 0 Å². The summed E-state index contributed by atoms with van der Waals surface area (Å²) in [5.74, 6) is 2.35. The van der Waals surface area contributed by atoms with Crippen LogP contribution in [-0.4, -0.2) is 76.1 Å². The highest BCUT2D eigenvalue weighted by molar-refractivity contribution is 5.57. The van der Waals surface area contributed by atoms with E-state index in [0.717, 1.165) is 63.6 Å². The summed E-state index contributed by atoms with van der Waals surface area (Å²) in [6.45, 7) is 9.72. The maximum Gasteiger partial charge on any atom is 0.157 e. The quantitative estimate of drug-likeness (QED) is 0.857. The van der Waals surface area contributed by atoms with Gasteiger partial charge in [-0.05, 0) is 38.5 Å². The number of hydrogen-bond acceptors (Lipinski definition) is 6. The number of aliphatic hydroxyl groups is 1. The van der Waals surface area contributed by atoms with Gasteiger partial charge in [0, 0.05) is 49.5 Å². The molecule has 3 aliphatic rings. The first-order chi connectivity index (χ1) is 13.1. The number of morpholine rings is 1. The Balaban J connectivity index is 1.40. The monoisotopic (exact) mass is 371 g/mol. The minimum absolute atomic E-state index is 0.228. The van der Waals surface area contributed by atoms with Crippen LogP contribution in [0, 0.1) is 25.7 Å². The second-order valence-corrected chi connectivity index (χ2v) is 8.43. The second kappa shape index (κ2) is 6.72. The van der Waals surface area contributed by atoms with Crippen molar-refractivity contribution in [3.05, 3.63) is 23.5 Å². The molecule has 2 saturated heterocycles.